The number of imide groups is 1. The summed E-state index contributed by atoms with van der Waals surface area (Å²) in [6.45, 7) is 1.43. The molecule has 1 fully saturated rings. The van der Waals surface area contributed by atoms with Crippen LogP contribution in [0.1, 0.15) is 35.8 Å². The van der Waals surface area contributed by atoms with Crippen LogP contribution in [0, 0.1) is 0 Å². The SMILES string of the molecule is CC(OC(=O)c1ccccc1SCc1cscn1)C(=O)NC(=O)NC1CC1. The molecule has 27 heavy (non-hydrogen) atoms. The number of aromatic nitrogens is 1. The lowest BCUT2D eigenvalue weighted by Gasteiger charge is -2.14. The van der Waals surface area contributed by atoms with Crippen LogP contribution in [0.15, 0.2) is 40.1 Å². The van der Waals surface area contributed by atoms with Gasteiger partial charge in [-0.05, 0) is 31.9 Å². The van der Waals surface area contributed by atoms with Crippen molar-refractivity contribution >= 4 is 41.0 Å². The van der Waals surface area contributed by atoms with Crippen LogP contribution < -0.4 is 10.6 Å². The second-order valence-corrected chi connectivity index (χ2v) is 7.79. The van der Waals surface area contributed by atoms with Crippen LogP contribution >= 0.6 is 23.1 Å². The first kappa shape index (κ1) is 19.4. The summed E-state index contributed by atoms with van der Waals surface area (Å²) in [5.41, 5.74) is 3.07. The minimum absolute atomic E-state index is 0.136. The Hall–Kier alpha value is -2.39. The molecule has 1 unspecified atom stereocenters. The summed E-state index contributed by atoms with van der Waals surface area (Å²) >= 11 is 2.99. The summed E-state index contributed by atoms with van der Waals surface area (Å²) in [7, 11) is 0. The fourth-order valence-corrected chi connectivity index (χ4v) is 3.77. The molecule has 1 aliphatic rings. The predicted molar refractivity (Wildman–Crippen MR) is 103 cm³/mol. The molecule has 1 atom stereocenters. The highest BCUT2D eigenvalue weighted by molar-refractivity contribution is 7.98. The zero-order valence-corrected chi connectivity index (χ0v) is 16.3. The van der Waals surface area contributed by atoms with Gasteiger partial charge >= 0.3 is 12.0 Å². The molecule has 1 aliphatic carbocycles. The lowest BCUT2D eigenvalue weighted by molar-refractivity contribution is -0.127. The third-order valence-corrected chi connectivity index (χ3v) is 5.51. The van der Waals surface area contributed by atoms with E-state index in [2.05, 4.69) is 15.6 Å². The average molecular weight is 406 g/mol. The van der Waals surface area contributed by atoms with Crippen LogP contribution in [0.5, 0.6) is 0 Å². The molecule has 3 rings (SSSR count). The number of nitrogens with zero attached hydrogens (tertiary/aromatic N) is 1. The van der Waals surface area contributed by atoms with Crippen LogP contribution in [0.25, 0.3) is 0 Å². The Kier molecular flexibility index (Phi) is 6.46. The van der Waals surface area contributed by atoms with Gasteiger partial charge in [0.1, 0.15) is 0 Å². The highest BCUT2D eigenvalue weighted by atomic mass is 32.2. The van der Waals surface area contributed by atoms with E-state index in [0.717, 1.165) is 23.4 Å². The molecule has 1 saturated carbocycles. The summed E-state index contributed by atoms with van der Waals surface area (Å²) in [6.07, 6.45) is 0.752. The summed E-state index contributed by atoms with van der Waals surface area (Å²) in [4.78, 5) is 41.1. The monoisotopic (exact) mass is 405 g/mol. The number of thioether (sulfide) groups is 1. The van der Waals surface area contributed by atoms with Crippen LogP contribution in [-0.4, -0.2) is 35.0 Å². The third-order valence-electron chi connectivity index (χ3n) is 3.77. The van der Waals surface area contributed by atoms with Gasteiger partial charge in [-0.1, -0.05) is 12.1 Å². The quantitative estimate of drug-likeness (QED) is 0.543. The zero-order chi connectivity index (χ0) is 19.2. The second-order valence-electron chi connectivity index (χ2n) is 6.05. The number of amides is 3. The number of hydrogen-bond acceptors (Lipinski definition) is 7. The number of hydrogen-bond donors (Lipinski definition) is 2. The Morgan fingerprint density at radius 1 is 1.33 bits per heavy atom. The molecule has 142 valence electrons. The number of rotatable bonds is 7. The molecular weight excluding hydrogens is 386 g/mol. The van der Waals surface area contributed by atoms with Crippen molar-refractivity contribution in [1.82, 2.24) is 15.6 Å². The van der Waals surface area contributed by atoms with E-state index in [1.165, 1.54) is 30.0 Å². The number of nitrogens with one attached hydrogen (secondary N) is 2. The zero-order valence-electron chi connectivity index (χ0n) is 14.6. The van der Waals surface area contributed by atoms with Crippen molar-refractivity contribution in [3.05, 3.63) is 46.4 Å². The van der Waals surface area contributed by atoms with Gasteiger partial charge in [0, 0.05) is 22.1 Å². The van der Waals surface area contributed by atoms with Gasteiger partial charge in [-0.15, -0.1) is 23.1 Å². The van der Waals surface area contributed by atoms with Crippen LogP contribution in [0.3, 0.4) is 0 Å². The van der Waals surface area contributed by atoms with Gasteiger partial charge in [-0.2, -0.15) is 0 Å². The molecule has 7 nitrogen and oxygen atoms in total. The lowest BCUT2D eigenvalue weighted by Crippen LogP contribution is -2.45. The average Bonchev–Trinajstić information content (AvgIpc) is 3.30. The maximum Gasteiger partial charge on any atom is 0.340 e. The minimum Gasteiger partial charge on any atom is -0.449 e. The van der Waals surface area contributed by atoms with E-state index in [-0.39, 0.29) is 6.04 Å². The van der Waals surface area contributed by atoms with E-state index in [0.29, 0.717) is 11.3 Å². The number of ether oxygens (including phenoxy) is 1. The highest BCUT2D eigenvalue weighted by Crippen LogP contribution is 2.27. The minimum atomic E-state index is -1.08. The van der Waals surface area contributed by atoms with E-state index in [4.69, 9.17) is 4.74 Å². The van der Waals surface area contributed by atoms with Crippen molar-refractivity contribution in [3.63, 3.8) is 0 Å². The second kappa shape index (κ2) is 9.01. The normalized spacial score (nSPS) is 14.3. The first-order chi connectivity index (χ1) is 13.0. The summed E-state index contributed by atoms with van der Waals surface area (Å²) in [6, 6.07) is 6.61. The van der Waals surface area contributed by atoms with E-state index in [9.17, 15) is 14.4 Å². The molecule has 1 aromatic carbocycles. The maximum absolute atomic E-state index is 12.5. The van der Waals surface area contributed by atoms with E-state index in [1.54, 1.807) is 17.6 Å². The number of carbonyl (C=O) groups excluding carboxylic acids is 3. The number of thiazole rings is 1. The van der Waals surface area contributed by atoms with Crippen molar-refractivity contribution in [2.24, 2.45) is 0 Å². The fraction of sp³-hybridized carbons (Fsp3) is 0.333. The van der Waals surface area contributed by atoms with E-state index in [1.807, 2.05) is 17.5 Å². The maximum atomic E-state index is 12.5. The Morgan fingerprint density at radius 2 is 2.11 bits per heavy atom. The fourth-order valence-electron chi connectivity index (χ4n) is 2.16. The first-order valence-electron chi connectivity index (χ1n) is 8.44. The van der Waals surface area contributed by atoms with Crippen molar-refractivity contribution in [2.75, 3.05) is 0 Å². The van der Waals surface area contributed by atoms with Gasteiger partial charge in [0.15, 0.2) is 6.10 Å². The van der Waals surface area contributed by atoms with Gasteiger partial charge in [0.05, 0.1) is 16.8 Å². The number of benzene rings is 1. The van der Waals surface area contributed by atoms with E-state index < -0.39 is 24.0 Å². The largest absolute Gasteiger partial charge is 0.449 e. The van der Waals surface area contributed by atoms with Gasteiger partial charge in [-0.25, -0.2) is 14.6 Å². The number of esters is 1. The van der Waals surface area contributed by atoms with Gasteiger partial charge in [0.2, 0.25) is 0 Å². The molecule has 0 spiro atoms. The molecule has 3 amide bonds. The molecule has 1 heterocycles. The van der Waals surface area contributed by atoms with Crippen LogP contribution in [0.2, 0.25) is 0 Å². The predicted octanol–water partition coefficient (Wildman–Crippen LogP) is 2.97. The van der Waals surface area contributed by atoms with Crippen molar-refractivity contribution in [1.29, 1.82) is 0 Å². The van der Waals surface area contributed by atoms with Crippen molar-refractivity contribution < 1.29 is 19.1 Å². The Labute approximate surface area is 164 Å². The molecule has 2 aromatic rings. The molecule has 0 radical (unpaired) electrons. The van der Waals surface area contributed by atoms with Gasteiger partial charge < -0.3 is 10.1 Å². The Bertz CT molecular complexity index is 822. The molecule has 2 N–H and O–H groups in total. The summed E-state index contributed by atoms with van der Waals surface area (Å²) in [5, 5.41) is 6.78. The molecule has 1 aromatic heterocycles. The number of carbonyl (C=O) groups is 3. The smallest absolute Gasteiger partial charge is 0.340 e. The summed E-state index contributed by atoms with van der Waals surface area (Å²) < 4.78 is 5.24. The van der Waals surface area contributed by atoms with Crippen molar-refractivity contribution in [3.8, 4) is 0 Å². The Morgan fingerprint density at radius 3 is 2.81 bits per heavy atom. The summed E-state index contributed by atoms with van der Waals surface area (Å²) in [5.74, 6) is -0.638. The number of urea groups is 1. The lowest BCUT2D eigenvalue weighted by atomic mass is 10.2. The Balaban J connectivity index is 1.56. The highest BCUT2D eigenvalue weighted by Gasteiger charge is 2.26. The van der Waals surface area contributed by atoms with Gasteiger partial charge in [-0.3, -0.25) is 10.1 Å². The molecule has 9 heteroatoms. The van der Waals surface area contributed by atoms with Crippen LogP contribution in [0.4, 0.5) is 4.79 Å². The molecule has 0 saturated heterocycles. The van der Waals surface area contributed by atoms with Crippen LogP contribution in [-0.2, 0) is 15.3 Å². The molecule has 0 aliphatic heterocycles. The first-order valence-corrected chi connectivity index (χ1v) is 10.4. The topological polar surface area (TPSA) is 97.4 Å². The third kappa shape index (κ3) is 5.80. The molecule has 0 bridgehead atoms. The van der Waals surface area contributed by atoms with E-state index >= 15 is 0 Å². The molecular formula is C18H19N3O4S2. The van der Waals surface area contributed by atoms with Gasteiger partial charge in [0.25, 0.3) is 5.91 Å². The van der Waals surface area contributed by atoms with Crippen molar-refractivity contribution in [2.45, 2.75) is 42.6 Å². The standard InChI is InChI=1S/C18H19N3O4S2/c1-11(16(22)21-18(24)20-12-6-7-12)25-17(23)14-4-2-3-5-15(14)27-9-13-8-26-10-19-13/h2-5,8,10-12H,6-7,9H2,1H3,(H2,20,21,22,24).